The smallest absolute Gasteiger partial charge is 0.338 e. The van der Waals surface area contributed by atoms with Crippen LogP contribution in [0.3, 0.4) is 0 Å². The first-order valence-electron chi connectivity index (χ1n) is 5.93. The first-order chi connectivity index (χ1) is 9.59. The third-order valence-electron chi connectivity index (χ3n) is 3.11. The van der Waals surface area contributed by atoms with Crippen LogP contribution in [0.5, 0.6) is 0 Å². The number of fused-ring (bicyclic) bond motifs is 1. The molecule has 3 aromatic rings. The van der Waals surface area contributed by atoms with E-state index in [0.717, 1.165) is 0 Å². The molecule has 1 aromatic heterocycles. The monoisotopic (exact) mass is 271 g/mol. The van der Waals surface area contributed by atoms with Crippen LogP contribution in [-0.2, 0) is 0 Å². The zero-order valence-corrected chi connectivity index (χ0v) is 10.5. The maximum absolute atomic E-state index is 14.0. The number of halogens is 1. The largest absolute Gasteiger partial charge is 0.478 e. The molecule has 3 rings (SSSR count). The quantitative estimate of drug-likeness (QED) is 0.777. The van der Waals surface area contributed by atoms with Gasteiger partial charge in [-0.3, -0.25) is 0 Å². The summed E-state index contributed by atoms with van der Waals surface area (Å²) in [6.07, 6.45) is 0. The van der Waals surface area contributed by atoms with Gasteiger partial charge >= 0.3 is 5.97 Å². The Morgan fingerprint density at radius 2 is 2.00 bits per heavy atom. The molecule has 0 bridgehead atoms. The maximum atomic E-state index is 14.0. The minimum atomic E-state index is -1.09. The molecular formula is C14H10FN3O2. The summed E-state index contributed by atoms with van der Waals surface area (Å²) < 4.78 is 15.3. The molecule has 0 spiro atoms. The lowest BCUT2D eigenvalue weighted by Crippen LogP contribution is -2.03. The second kappa shape index (κ2) is 4.41. The van der Waals surface area contributed by atoms with E-state index in [1.807, 2.05) is 0 Å². The third-order valence-corrected chi connectivity index (χ3v) is 3.11. The molecule has 0 amide bonds. The highest BCUT2D eigenvalue weighted by molar-refractivity contribution is 6.00. The molecule has 6 heteroatoms. The van der Waals surface area contributed by atoms with Crippen LogP contribution in [0.2, 0.25) is 0 Å². The normalized spacial score (nSPS) is 10.9. The summed E-state index contributed by atoms with van der Waals surface area (Å²) in [6.45, 7) is 1.76. The zero-order valence-electron chi connectivity index (χ0n) is 10.5. The summed E-state index contributed by atoms with van der Waals surface area (Å²) in [5.74, 6) is -1.52. The molecule has 0 atom stereocenters. The predicted molar refractivity (Wildman–Crippen MR) is 70.5 cm³/mol. The standard InChI is InChI=1S/C14H10FN3O2/c1-8-4-2-6-10(15)13(8)18-11-7-3-5-9(14(19)20)12(11)16-17-18/h2-7H,1H3,(H,19,20). The summed E-state index contributed by atoms with van der Waals surface area (Å²) in [5.41, 5.74) is 1.71. The maximum Gasteiger partial charge on any atom is 0.338 e. The molecule has 0 radical (unpaired) electrons. The Kier molecular flexibility index (Phi) is 2.71. The number of nitrogens with zero attached hydrogens (tertiary/aromatic N) is 3. The molecule has 1 N–H and O–H groups in total. The lowest BCUT2D eigenvalue weighted by molar-refractivity contribution is 0.0699. The Morgan fingerprint density at radius 3 is 2.70 bits per heavy atom. The van der Waals surface area contributed by atoms with E-state index >= 15 is 0 Å². The van der Waals surface area contributed by atoms with E-state index in [1.165, 1.54) is 16.8 Å². The molecule has 0 saturated carbocycles. The van der Waals surface area contributed by atoms with Crippen molar-refractivity contribution in [3.63, 3.8) is 0 Å². The van der Waals surface area contributed by atoms with Gasteiger partial charge in [0.2, 0.25) is 0 Å². The van der Waals surface area contributed by atoms with Crippen molar-refractivity contribution in [2.45, 2.75) is 6.92 Å². The highest BCUT2D eigenvalue weighted by atomic mass is 19.1. The molecule has 0 saturated heterocycles. The first kappa shape index (κ1) is 12.3. The molecule has 100 valence electrons. The zero-order chi connectivity index (χ0) is 14.3. The van der Waals surface area contributed by atoms with Crippen LogP contribution in [-0.4, -0.2) is 26.1 Å². The minimum Gasteiger partial charge on any atom is -0.478 e. The van der Waals surface area contributed by atoms with E-state index in [1.54, 1.807) is 31.2 Å². The molecule has 0 aliphatic heterocycles. The molecule has 0 aliphatic carbocycles. The molecule has 20 heavy (non-hydrogen) atoms. The van der Waals surface area contributed by atoms with Crippen LogP contribution >= 0.6 is 0 Å². The lowest BCUT2D eigenvalue weighted by Gasteiger charge is -2.07. The number of carbonyl (C=O) groups is 1. The van der Waals surface area contributed by atoms with Crippen molar-refractivity contribution in [1.82, 2.24) is 15.0 Å². The van der Waals surface area contributed by atoms with Crippen LogP contribution < -0.4 is 0 Å². The fraction of sp³-hybridized carbons (Fsp3) is 0.0714. The van der Waals surface area contributed by atoms with Gasteiger partial charge in [0, 0.05) is 0 Å². The van der Waals surface area contributed by atoms with Gasteiger partial charge in [0.15, 0.2) is 0 Å². The van der Waals surface area contributed by atoms with Crippen molar-refractivity contribution >= 4 is 17.0 Å². The SMILES string of the molecule is Cc1cccc(F)c1-n1nnc2c(C(=O)O)cccc21. The number of rotatable bonds is 2. The van der Waals surface area contributed by atoms with Crippen molar-refractivity contribution in [3.8, 4) is 5.69 Å². The Hall–Kier alpha value is -2.76. The second-order valence-electron chi connectivity index (χ2n) is 4.39. The number of carboxylic acid groups (broad SMARTS) is 1. The molecule has 1 heterocycles. The van der Waals surface area contributed by atoms with E-state index in [2.05, 4.69) is 10.3 Å². The van der Waals surface area contributed by atoms with E-state index in [4.69, 9.17) is 5.11 Å². The van der Waals surface area contributed by atoms with Crippen LogP contribution in [0.25, 0.3) is 16.7 Å². The fourth-order valence-corrected chi connectivity index (χ4v) is 2.17. The summed E-state index contributed by atoms with van der Waals surface area (Å²) >= 11 is 0. The van der Waals surface area contributed by atoms with Gasteiger partial charge in [-0.2, -0.15) is 0 Å². The second-order valence-corrected chi connectivity index (χ2v) is 4.39. The number of carboxylic acids is 1. The average molecular weight is 271 g/mol. The fourth-order valence-electron chi connectivity index (χ4n) is 2.17. The number of benzene rings is 2. The van der Waals surface area contributed by atoms with Crippen molar-refractivity contribution in [2.75, 3.05) is 0 Å². The van der Waals surface area contributed by atoms with Crippen molar-refractivity contribution in [3.05, 3.63) is 53.3 Å². The molecular weight excluding hydrogens is 261 g/mol. The Bertz CT molecular complexity index is 806. The van der Waals surface area contributed by atoms with Crippen LogP contribution in [0.4, 0.5) is 4.39 Å². The number of aryl methyl sites for hydroxylation is 1. The van der Waals surface area contributed by atoms with Gasteiger partial charge in [0.25, 0.3) is 0 Å². The molecule has 0 unspecified atom stereocenters. The van der Waals surface area contributed by atoms with E-state index in [9.17, 15) is 9.18 Å². The molecule has 5 nitrogen and oxygen atoms in total. The van der Waals surface area contributed by atoms with E-state index in [-0.39, 0.29) is 16.8 Å². The van der Waals surface area contributed by atoms with Crippen LogP contribution in [0.15, 0.2) is 36.4 Å². The summed E-state index contributed by atoms with van der Waals surface area (Å²) in [7, 11) is 0. The number of aromatic carboxylic acids is 1. The number of aromatic nitrogens is 3. The minimum absolute atomic E-state index is 0.0442. The van der Waals surface area contributed by atoms with E-state index in [0.29, 0.717) is 11.1 Å². The van der Waals surface area contributed by atoms with Crippen LogP contribution in [0, 0.1) is 12.7 Å². The van der Waals surface area contributed by atoms with Gasteiger partial charge in [-0.05, 0) is 30.7 Å². The van der Waals surface area contributed by atoms with Gasteiger partial charge in [-0.15, -0.1) is 5.10 Å². The molecule has 2 aromatic carbocycles. The first-order valence-corrected chi connectivity index (χ1v) is 5.93. The van der Waals surface area contributed by atoms with Crippen molar-refractivity contribution in [2.24, 2.45) is 0 Å². The van der Waals surface area contributed by atoms with Crippen LogP contribution in [0.1, 0.15) is 15.9 Å². The average Bonchev–Trinajstić information content (AvgIpc) is 2.82. The predicted octanol–water partition coefficient (Wildman–Crippen LogP) is 2.57. The van der Waals surface area contributed by atoms with Crippen molar-refractivity contribution < 1.29 is 14.3 Å². The summed E-state index contributed by atoms with van der Waals surface area (Å²) in [5, 5.41) is 16.9. The lowest BCUT2D eigenvalue weighted by atomic mass is 10.1. The summed E-state index contributed by atoms with van der Waals surface area (Å²) in [6, 6.07) is 9.38. The topological polar surface area (TPSA) is 68.0 Å². The Labute approximate surface area is 113 Å². The molecule has 0 aliphatic rings. The Balaban J connectivity index is 2.34. The van der Waals surface area contributed by atoms with Gasteiger partial charge in [-0.25, -0.2) is 13.9 Å². The number of para-hydroxylation sites is 1. The summed E-state index contributed by atoms with van der Waals surface area (Å²) in [4.78, 5) is 11.1. The van der Waals surface area contributed by atoms with E-state index < -0.39 is 11.8 Å². The third kappa shape index (κ3) is 1.73. The van der Waals surface area contributed by atoms with Gasteiger partial charge < -0.3 is 5.11 Å². The highest BCUT2D eigenvalue weighted by Crippen LogP contribution is 2.23. The van der Waals surface area contributed by atoms with Gasteiger partial charge in [-0.1, -0.05) is 23.4 Å². The number of hydrogen-bond donors (Lipinski definition) is 1. The van der Waals surface area contributed by atoms with Gasteiger partial charge in [0.05, 0.1) is 11.1 Å². The number of hydrogen-bond acceptors (Lipinski definition) is 3. The highest BCUT2D eigenvalue weighted by Gasteiger charge is 2.17. The van der Waals surface area contributed by atoms with Crippen molar-refractivity contribution in [1.29, 1.82) is 0 Å². The molecule has 0 fully saturated rings. The Morgan fingerprint density at radius 1 is 1.25 bits per heavy atom. The van der Waals surface area contributed by atoms with Gasteiger partial charge in [0.1, 0.15) is 17.0 Å².